The second kappa shape index (κ2) is 7.53. The van der Waals surface area contributed by atoms with Crippen LogP contribution < -0.4 is 5.32 Å². The SMILES string of the molecule is CN1CC2(CCN(C(=O)NC3CCCC3)CC2)CC(c2ccccc2)C1=O. The number of carbonyl (C=O) groups excluding carboxylic acids is 2. The van der Waals surface area contributed by atoms with Gasteiger partial charge in [0.1, 0.15) is 0 Å². The average molecular weight is 370 g/mol. The Morgan fingerprint density at radius 3 is 2.44 bits per heavy atom. The summed E-state index contributed by atoms with van der Waals surface area (Å²) in [7, 11) is 1.93. The van der Waals surface area contributed by atoms with Crippen LogP contribution in [0.3, 0.4) is 0 Å². The molecule has 1 N–H and O–H groups in total. The van der Waals surface area contributed by atoms with E-state index in [-0.39, 0.29) is 23.3 Å². The van der Waals surface area contributed by atoms with Crippen LogP contribution in [0.15, 0.2) is 30.3 Å². The van der Waals surface area contributed by atoms with Gasteiger partial charge in [-0.3, -0.25) is 4.79 Å². The number of likely N-dealkylation sites (tertiary alicyclic amines) is 2. The molecule has 1 aromatic rings. The molecule has 5 heteroatoms. The van der Waals surface area contributed by atoms with Gasteiger partial charge in [0.15, 0.2) is 0 Å². The summed E-state index contributed by atoms with van der Waals surface area (Å²) in [4.78, 5) is 29.2. The first-order valence-corrected chi connectivity index (χ1v) is 10.4. The van der Waals surface area contributed by atoms with Crippen molar-refractivity contribution in [2.45, 2.75) is 56.9 Å². The van der Waals surface area contributed by atoms with Gasteiger partial charge < -0.3 is 15.1 Å². The maximum atomic E-state index is 12.8. The highest BCUT2D eigenvalue weighted by atomic mass is 16.2. The monoisotopic (exact) mass is 369 g/mol. The molecule has 2 heterocycles. The van der Waals surface area contributed by atoms with Crippen molar-refractivity contribution in [1.82, 2.24) is 15.1 Å². The summed E-state index contributed by atoms with van der Waals surface area (Å²) in [5.74, 6) is 0.178. The Kier molecular flexibility index (Phi) is 5.11. The highest BCUT2D eigenvalue weighted by Gasteiger charge is 2.45. The summed E-state index contributed by atoms with van der Waals surface area (Å²) in [6.45, 7) is 2.40. The molecule has 1 spiro atoms. The third-order valence-electron chi connectivity index (χ3n) is 6.88. The van der Waals surface area contributed by atoms with Crippen molar-refractivity contribution in [2.24, 2.45) is 5.41 Å². The van der Waals surface area contributed by atoms with E-state index < -0.39 is 0 Å². The highest BCUT2D eigenvalue weighted by molar-refractivity contribution is 5.84. The van der Waals surface area contributed by atoms with Gasteiger partial charge in [-0.15, -0.1) is 0 Å². The van der Waals surface area contributed by atoms with Crippen LogP contribution in [0.1, 0.15) is 56.4 Å². The predicted octanol–water partition coefficient (Wildman–Crippen LogP) is 3.37. The predicted molar refractivity (Wildman–Crippen MR) is 105 cm³/mol. The number of likely N-dealkylation sites (N-methyl/N-ethyl adjacent to an activating group) is 1. The van der Waals surface area contributed by atoms with Crippen LogP contribution in [0, 0.1) is 5.41 Å². The summed E-state index contributed by atoms with van der Waals surface area (Å²) in [5, 5.41) is 3.21. The molecule has 4 rings (SSSR count). The first-order chi connectivity index (χ1) is 13.1. The molecule has 1 atom stereocenters. The Morgan fingerprint density at radius 1 is 1.11 bits per heavy atom. The fourth-order valence-electron chi connectivity index (χ4n) is 5.26. The summed E-state index contributed by atoms with van der Waals surface area (Å²) >= 11 is 0. The molecule has 3 amide bonds. The molecule has 0 aromatic heterocycles. The van der Waals surface area contributed by atoms with E-state index >= 15 is 0 Å². The Bertz CT molecular complexity index is 676. The Labute approximate surface area is 162 Å². The first kappa shape index (κ1) is 18.3. The third-order valence-corrected chi connectivity index (χ3v) is 6.88. The molecule has 1 aromatic carbocycles. The molecule has 1 saturated carbocycles. The molecule has 5 nitrogen and oxygen atoms in total. The molecular weight excluding hydrogens is 338 g/mol. The lowest BCUT2D eigenvalue weighted by molar-refractivity contribution is -0.139. The van der Waals surface area contributed by atoms with Crippen LogP contribution in [0.25, 0.3) is 0 Å². The van der Waals surface area contributed by atoms with Crippen LogP contribution >= 0.6 is 0 Å². The summed E-state index contributed by atoms with van der Waals surface area (Å²) < 4.78 is 0. The standard InChI is InChI=1S/C22H31N3O2/c1-24-16-22(15-19(20(24)26)17-7-3-2-4-8-17)11-13-25(14-12-22)21(27)23-18-9-5-6-10-18/h2-4,7-8,18-19H,5-6,9-16H2,1H3,(H,23,27). The lowest BCUT2D eigenvalue weighted by Crippen LogP contribution is -2.55. The second-order valence-electron chi connectivity index (χ2n) is 8.78. The molecular formula is C22H31N3O2. The molecule has 3 aliphatic rings. The van der Waals surface area contributed by atoms with E-state index in [0.717, 1.165) is 57.3 Å². The summed E-state index contributed by atoms with van der Waals surface area (Å²) in [5.41, 5.74) is 1.25. The number of carbonyl (C=O) groups is 2. The van der Waals surface area contributed by atoms with Gasteiger partial charge in [-0.1, -0.05) is 43.2 Å². The number of nitrogens with one attached hydrogen (secondary N) is 1. The van der Waals surface area contributed by atoms with Crippen LogP contribution in [0.2, 0.25) is 0 Å². The number of hydrogen-bond donors (Lipinski definition) is 1. The number of amides is 3. The number of hydrogen-bond acceptors (Lipinski definition) is 2. The van der Waals surface area contributed by atoms with Gasteiger partial charge in [0.2, 0.25) is 5.91 Å². The van der Waals surface area contributed by atoms with Gasteiger partial charge >= 0.3 is 6.03 Å². The van der Waals surface area contributed by atoms with Gasteiger partial charge in [0.25, 0.3) is 0 Å². The Balaban J connectivity index is 1.40. The fraction of sp³-hybridized carbons (Fsp3) is 0.636. The quantitative estimate of drug-likeness (QED) is 0.869. The third kappa shape index (κ3) is 3.83. The lowest BCUT2D eigenvalue weighted by Gasteiger charge is -2.49. The maximum absolute atomic E-state index is 12.8. The zero-order chi connectivity index (χ0) is 18.9. The van der Waals surface area contributed by atoms with Crippen molar-refractivity contribution < 1.29 is 9.59 Å². The Morgan fingerprint density at radius 2 is 1.78 bits per heavy atom. The van der Waals surface area contributed by atoms with Crippen LogP contribution in [0.4, 0.5) is 4.79 Å². The van der Waals surface area contributed by atoms with E-state index in [2.05, 4.69) is 17.4 Å². The Hall–Kier alpha value is -2.04. The molecule has 0 bridgehead atoms. The van der Waals surface area contributed by atoms with Crippen LogP contribution in [-0.2, 0) is 4.79 Å². The number of nitrogens with zero attached hydrogens (tertiary/aromatic N) is 2. The number of urea groups is 1. The minimum Gasteiger partial charge on any atom is -0.345 e. The molecule has 2 saturated heterocycles. The van der Waals surface area contributed by atoms with E-state index in [1.54, 1.807) is 0 Å². The smallest absolute Gasteiger partial charge is 0.317 e. The first-order valence-electron chi connectivity index (χ1n) is 10.4. The minimum atomic E-state index is -0.0520. The molecule has 27 heavy (non-hydrogen) atoms. The molecule has 1 aliphatic carbocycles. The van der Waals surface area contributed by atoms with Crippen molar-refractivity contribution in [3.05, 3.63) is 35.9 Å². The highest BCUT2D eigenvalue weighted by Crippen LogP contribution is 2.45. The maximum Gasteiger partial charge on any atom is 0.317 e. The molecule has 146 valence electrons. The summed E-state index contributed by atoms with van der Waals surface area (Å²) in [6, 6.07) is 10.6. The topological polar surface area (TPSA) is 52.6 Å². The van der Waals surface area contributed by atoms with Crippen molar-refractivity contribution in [1.29, 1.82) is 0 Å². The van der Waals surface area contributed by atoms with Crippen molar-refractivity contribution in [3.63, 3.8) is 0 Å². The molecule has 1 unspecified atom stereocenters. The van der Waals surface area contributed by atoms with Gasteiger partial charge in [-0.05, 0) is 43.1 Å². The molecule has 3 fully saturated rings. The zero-order valence-electron chi connectivity index (χ0n) is 16.3. The molecule has 2 aliphatic heterocycles. The average Bonchev–Trinajstić information content (AvgIpc) is 3.19. The largest absolute Gasteiger partial charge is 0.345 e. The van der Waals surface area contributed by atoms with Gasteiger partial charge in [-0.2, -0.15) is 0 Å². The van der Waals surface area contributed by atoms with Gasteiger partial charge in [-0.25, -0.2) is 4.79 Å². The minimum absolute atomic E-state index is 0.0520. The van der Waals surface area contributed by atoms with Gasteiger partial charge in [0, 0.05) is 32.7 Å². The van der Waals surface area contributed by atoms with E-state index in [4.69, 9.17) is 0 Å². The summed E-state index contributed by atoms with van der Waals surface area (Å²) in [6.07, 6.45) is 7.56. The number of piperidine rings is 2. The van der Waals surface area contributed by atoms with Crippen LogP contribution in [0.5, 0.6) is 0 Å². The van der Waals surface area contributed by atoms with E-state index in [1.165, 1.54) is 12.8 Å². The molecule has 0 radical (unpaired) electrons. The van der Waals surface area contributed by atoms with Crippen molar-refractivity contribution in [3.8, 4) is 0 Å². The van der Waals surface area contributed by atoms with Crippen LogP contribution in [-0.4, -0.2) is 54.5 Å². The van der Waals surface area contributed by atoms with E-state index in [0.29, 0.717) is 6.04 Å². The van der Waals surface area contributed by atoms with E-state index in [1.807, 2.05) is 35.0 Å². The second-order valence-corrected chi connectivity index (χ2v) is 8.78. The van der Waals surface area contributed by atoms with Gasteiger partial charge in [0.05, 0.1) is 5.92 Å². The normalized spacial score (nSPS) is 25.8. The zero-order valence-corrected chi connectivity index (χ0v) is 16.3. The van der Waals surface area contributed by atoms with Crippen molar-refractivity contribution >= 4 is 11.9 Å². The van der Waals surface area contributed by atoms with Crippen molar-refractivity contribution in [2.75, 3.05) is 26.7 Å². The lowest BCUT2D eigenvalue weighted by atomic mass is 9.68. The fourth-order valence-corrected chi connectivity index (χ4v) is 5.26. The van der Waals surface area contributed by atoms with E-state index in [9.17, 15) is 9.59 Å². The number of rotatable bonds is 2. The number of benzene rings is 1.